The molecule has 0 atom stereocenters. The molecule has 0 aliphatic rings. The van der Waals surface area contributed by atoms with Crippen molar-refractivity contribution in [2.24, 2.45) is 16.2 Å². The molecule has 0 radical (unpaired) electrons. The molecule has 0 aliphatic heterocycles. The van der Waals surface area contributed by atoms with Crippen LogP contribution in [0.4, 0.5) is 0 Å². The Labute approximate surface area is 154 Å². The first-order chi connectivity index (χ1) is 11.0. The lowest BCUT2D eigenvalue weighted by atomic mass is 9.64. The number of aliphatic carboxylic acids is 1. The number of rotatable bonds is 5. The molecule has 25 heavy (non-hydrogen) atoms. The van der Waals surface area contributed by atoms with Crippen molar-refractivity contribution in [3.05, 3.63) is 30.1 Å². The molecule has 0 spiro atoms. The first kappa shape index (κ1) is 21.7. The summed E-state index contributed by atoms with van der Waals surface area (Å²) in [6.45, 7) is 21.6. The van der Waals surface area contributed by atoms with E-state index in [1.54, 1.807) is 13.8 Å². The Bertz CT molecular complexity index is 584. The van der Waals surface area contributed by atoms with Gasteiger partial charge in [-0.2, -0.15) is 0 Å². The molecule has 1 heterocycles. The molecule has 1 N–H and O–H groups in total. The number of pyridine rings is 1. The van der Waals surface area contributed by atoms with Gasteiger partial charge in [0.15, 0.2) is 17.9 Å². The SMILES string of the molecule is CC(C)(CC(C)(C)[n+]1ccc(C(C(C)(C)C)C(C)(C)C)cc1)C(=O)O. The van der Waals surface area contributed by atoms with E-state index in [0.717, 1.165) is 0 Å². The third-order valence-corrected chi connectivity index (χ3v) is 5.07. The predicted molar refractivity (Wildman–Crippen MR) is 104 cm³/mol. The molecule has 1 rings (SSSR count). The summed E-state index contributed by atoms with van der Waals surface area (Å²) in [5.41, 5.74) is 0.661. The van der Waals surface area contributed by atoms with Gasteiger partial charge in [-0.25, -0.2) is 4.57 Å². The van der Waals surface area contributed by atoms with Crippen molar-refractivity contribution in [1.29, 1.82) is 0 Å². The highest BCUT2D eigenvalue weighted by Gasteiger charge is 2.41. The molecule has 0 aliphatic carbocycles. The zero-order chi connectivity index (χ0) is 19.8. The molecular formula is C22H38NO2+. The summed E-state index contributed by atoms with van der Waals surface area (Å²) >= 11 is 0. The second kappa shape index (κ2) is 6.74. The molecule has 1 aromatic heterocycles. The molecule has 0 fully saturated rings. The van der Waals surface area contributed by atoms with Crippen LogP contribution in [0.3, 0.4) is 0 Å². The molecule has 0 bridgehead atoms. The van der Waals surface area contributed by atoms with E-state index >= 15 is 0 Å². The largest absolute Gasteiger partial charge is 0.481 e. The smallest absolute Gasteiger partial charge is 0.309 e. The molecule has 0 amide bonds. The number of carboxylic acid groups (broad SMARTS) is 1. The average molecular weight is 349 g/mol. The number of hydrogen-bond donors (Lipinski definition) is 1. The Morgan fingerprint density at radius 3 is 1.64 bits per heavy atom. The third kappa shape index (κ3) is 5.29. The van der Waals surface area contributed by atoms with Gasteiger partial charge in [-0.1, -0.05) is 41.5 Å². The standard InChI is InChI=1S/C22H37NO2/c1-19(2,3)17(20(4,5)6)16-11-13-23(14-12-16)22(9,10)15-21(7,8)18(24)25/h11-14,17H,15H2,1-10H3/p+1. The summed E-state index contributed by atoms with van der Waals surface area (Å²) in [5, 5.41) is 9.44. The highest BCUT2D eigenvalue weighted by Crippen LogP contribution is 2.47. The predicted octanol–water partition coefficient (Wildman–Crippen LogP) is 5.39. The van der Waals surface area contributed by atoms with E-state index in [1.807, 2.05) is 0 Å². The van der Waals surface area contributed by atoms with Crippen LogP contribution in [0.2, 0.25) is 0 Å². The molecule has 0 saturated heterocycles. The van der Waals surface area contributed by atoms with Gasteiger partial charge in [-0.15, -0.1) is 0 Å². The number of hydrogen-bond acceptors (Lipinski definition) is 1. The number of aromatic nitrogens is 1. The van der Waals surface area contributed by atoms with Crippen LogP contribution in [-0.4, -0.2) is 11.1 Å². The van der Waals surface area contributed by atoms with Gasteiger partial charge in [-0.05, 0) is 36.2 Å². The van der Waals surface area contributed by atoms with Crippen molar-refractivity contribution in [2.45, 2.75) is 87.1 Å². The van der Waals surface area contributed by atoms with Crippen molar-refractivity contribution < 1.29 is 14.5 Å². The van der Waals surface area contributed by atoms with Crippen molar-refractivity contribution in [1.82, 2.24) is 0 Å². The van der Waals surface area contributed by atoms with Crippen LogP contribution in [0.5, 0.6) is 0 Å². The van der Waals surface area contributed by atoms with Gasteiger partial charge in [0.05, 0.1) is 5.41 Å². The van der Waals surface area contributed by atoms with Gasteiger partial charge in [0.2, 0.25) is 0 Å². The number of nitrogens with zero attached hydrogens (tertiary/aromatic N) is 1. The van der Waals surface area contributed by atoms with Gasteiger partial charge in [0, 0.05) is 32.4 Å². The first-order valence-electron chi connectivity index (χ1n) is 9.23. The molecular weight excluding hydrogens is 310 g/mol. The third-order valence-electron chi connectivity index (χ3n) is 5.07. The maximum Gasteiger partial charge on any atom is 0.309 e. The molecule has 0 aromatic carbocycles. The van der Waals surface area contributed by atoms with Crippen molar-refractivity contribution >= 4 is 5.97 Å². The lowest BCUT2D eigenvalue weighted by Gasteiger charge is -2.41. The minimum atomic E-state index is -0.755. The van der Waals surface area contributed by atoms with E-state index in [2.05, 4.69) is 84.5 Å². The molecule has 142 valence electrons. The minimum Gasteiger partial charge on any atom is -0.481 e. The molecule has 3 heteroatoms. The fraction of sp³-hybridized carbons (Fsp3) is 0.727. The van der Waals surface area contributed by atoms with Crippen molar-refractivity contribution in [3.63, 3.8) is 0 Å². The van der Waals surface area contributed by atoms with Crippen molar-refractivity contribution in [3.8, 4) is 0 Å². The fourth-order valence-corrected chi connectivity index (χ4v) is 4.58. The van der Waals surface area contributed by atoms with Gasteiger partial charge in [-0.3, -0.25) is 4.79 Å². The topological polar surface area (TPSA) is 41.2 Å². The van der Waals surface area contributed by atoms with E-state index in [-0.39, 0.29) is 16.4 Å². The van der Waals surface area contributed by atoms with E-state index in [1.165, 1.54) is 5.56 Å². The first-order valence-corrected chi connectivity index (χ1v) is 9.23. The Hall–Kier alpha value is -1.38. The Morgan fingerprint density at radius 1 is 0.920 bits per heavy atom. The molecule has 3 nitrogen and oxygen atoms in total. The second-order valence-corrected chi connectivity index (χ2v) is 10.9. The van der Waals surface area contributed by atoms with Gasteiger partial charge in [0.25, 0.3) is 0 Å². The highest BCUT2D eigenvalue weighted by molar-refractivity contribution is 5.73. The molecule has 1 aromatic rings. The summed E-state index contributed by atoms with van der Waals surface area (Å²) in [4.78, 5) is 11.5. The highest BCUT2D eigenvalue weighted by atomic mass is 16.4. The molecule has 0 saturated carbocycles. The summed E-state index contributed by atoms with van der Waals surface area (Å²) in [5.74, 6) is -0.313. The normalized spacial score (nSPS) is 14.0. The maximum atomic E-state index is 11.5. The quantitative estimate of drug-likeness (QED) is 0.725. The minimum absolute atomic E-state index is 0.172. The summed E-state index contributed by atoms with van der Waals surface area (Å²) in [6.07, 6.45) is 4.79. The number of carbonyl (C=O) groups is 1. The van der Waals surface area contributed by atoms with Gasteiger partial charge >= 0.3 is 5.97 Å². The van der Waals surface area contributed by atoms with Gasteiger partial charge in [0.1, 0.15) is 0 Å². The summed E-state index contributed by atoms with van der Waals surface area (Å²) < 4.78 is 2.14. The number of carboxylic acids is 1. The Balaban J connectivity index is 3.19. The lowest BCUT2D eigenvalue weighted by molar-refractivity contribution is -0.760. The fourth-order valence-electron chi connectivity index (χ4n) is 4.58. The Kier molecular flexibility index (Phi) is 5.84. The van der Waals surface area contributed by atoms with Crippen LogP contribution in [0.15, 0.2) is 24.5 Å². The summed E-state index contributed by atoms with van der Waals surface area (Å²) in [7, 11) is 0. The van der Waals surface area contributed by atoms with Crippen molar-refractivity contribution in [2.75, 3.05) is 0 Å². The maximum absolute atomic E-state index is 11.5. The van der Waals surface area contributed by atoms with Crippen LogP contribution in [-0.2, 0) is 10.3 Å². The monoisotopic (exact) mass is 348 g/mol. The van der Waals surface area contributed by atoms with Gasteiger partial charge < -0.3 is 5.11 Å². The van der Waals surface area contributed by atoms with E-state index < -0.39 is 11.4 Å². The van der Waals surface area contributed by atoms with Crippen LogP contribution in [0, 0.1) is 16.2 Å². The molecule has 0 unspecified atom stereocenters. The Morgan fingerprint density at radius 2 is 1.32 bits per heavy atom. The van der Waals surface area contributed by atoms with E-state index in [0.29, 0.717) is 12.3 Å². The summed E-state index contributed by atoms with van der Waals surface area (Å²) in [6, 6.07) is 4.41. The van der Waals surface area contributed by atoms with Crippen LogP contribution < -0.4 is 4.57 Å². The second-order valence-electron chi connectivity index (χ2n) is 10.9. The lowest BCUT2D eigenvalue weighted by Crippen LogP contribution is -2.54. The van der Waals surface area contributed by atoms with Crippen LogP contribution in [0.25, 0.3) is 0 Å². The van der Waals surface area contributed by atoms with E-state index in [9.17, 15) is 9.90 Å². The van der Waals surface area contributed by atoms with Crippen LogP contribution in [0.1, 0.15) is 87.1 Å². The average Bonchev–Trinajstić information content (AvgIpc) is 2.34. The zero-order valence-electron chi connectivity index (χ0n) is 17.9. The zero-order valence-corrected chi connectivity index (χ0v) is 17.9. The van der Waals surface area contributed by atoms with Crippen LogP contribution >= 0.6 is 0 Å². The van der Waals surface area contributed by atoms with E-state index in [4.69, 9.17) is 0 Å².